The van der Waals surface area contributed by atoms with Crippen molar-refractivity contribution >= 4 is 11.6 Å². The number of carbonyl (C=O) groups excluding carboxylic acids is 2. The van der Waals surface area contributed by atoms with E-state index in [2.05, 4.69) is 0 Å². The summed E-state index contributed by atoms with van der Waals surface area (Å²) in [5.74, 6) is 0.639. The van der Waals surface area contributed by atoms with Crippen LogP contribution in [0.1, 0.15) is 34.6 Å². The Labute approximate surface area is 62.6 Å². The lowest BCUT2D eigenvalue weighted by Gasteiger charge is -1.90. The van der Waals surface area contributed by atoms with Crippen LogP contribution in [0.4, 0.5) is 0 Å². The third-order valence-electron chi connectivity index (χ3n) is 0.813. The lowest BCUT2D eigenvalue weighted by atomic mass is 10.1. The Morgan fingerprint density at radius 2 is 1.10 bits per heavy atom. The molecule has 0 aromatic rings. The molecule has 10 heavy (non-hydrogen) atoms. The summed E-state index contributed by atoms with van der Waals surface area (Å²) < 4.78 is 0. The molecular formula is C8H16O2. The molecular weight excluding hydrogens is 128 g/mol. The summed E-state index contributed by atoms with van der Waals surface area (Å²) in [7, 11) is 0. The number of rotatable bonds is 1. The highest BCUT2D eigenvalue weighted by Crippen LogP contribution is 1.89. The molecule has 0 radical (unpaired) electrons. The molecule has 0 aliphatic rings. The number of ketones is 2. The van der Waals surface area contributed by atoms with Crippen molar-refractivity contribution in [1.82, 2.24) is 0 Å². The Balaban J connectivity index is 0. The third-order valence-corrected chi connectivity index (χ3v) is 0.813. The van der Waals surface area contributed by atoms with Gasteiger partial charge in [0.05, 0.1) is 0 Å². The molecule has 60 valence electrons. The smallest absolute Gasteiger partial charge is 0.132 e. The van der Waals surface area contributed by atoms with E-state index in [0.717, 1.165) is 0 Å². The summed E-state index contributed by atoms with van der Waals surface area (Å²) >= 11 is 0. The average Bonchev–Trinajstić information content (AvgIpc) is 1.63. The van der Waals surface area contributed by atoms with Gasteiger partial charge in [-0.15, -0.1) is 0 Å². The maximum atomic E-state index is 10.1. The summed E-state index contributed by atoms with van der Waals surface area (Å²) in [6, 6.07) is 0. The van der Waals surface area contributed by atoms with Gasteiger partial charge in [0.25, 0.3) is 0 Å². The lowest BCUT2D eigenvalue weighted by molar-refractivity contribution is -0.119. The van der Waals surface area contributed by atoms with E-state index in [-0.39, 0.29) is 17.5 Å². The Morgan fingerprint density at radius 1 is 1.00 bits per heavy atom. The van der Waals surface area contributed by atoms with Crippen LogP contribution < -0.4 is 0 Å². The average molecular weight is 144 g/mol. The fraction of sp³-hybridized carbons (Fsp3) is 0.750. The summed E-state index contributed by atoms with van der Waals surface area (Å²) in [4.78, 5) is 19.6. The molecule has 0 aromatic carbocycles. The predicted octanol–water partition coefficient (Wildman–Crippen LogP) is 1.83. The van der Waals surface area contributed by atoms with Gasteiger partial charge >= 0.3 is 0 Å². The third kappa shape index (κ3) is 26.4. The van der Waals surface area contributed by atoms with Crippen molar-refractivity contribution in [3.63, 3.8) is 0 Å². The van der Waals surface area contributed by atoms with Crippen molar-refractivity contribution in [2.24, 2.45) is 5.92 Å². The van der Waals surface area contributed by atoms with E-state index in [9.17, 15) is 9.59 Å². The number of hydrogen-bond acceptors (Lipinski definition) is 2. The maximum Gasteiger partial charge on any atom is 0.132 e. The van der Waals surface area contributed by atoms with E-state index in [1.54, 1.807) is 6.92 Å². The molecule has 0 aliphatic carbocycles. The fourth-order valence-electron chi connectivity index (χ4n) is 0. The van der Waals surface area contributed by atoms with Gasteiger partial charge in [0.2, 0.25) is 0 Å². The van der Waals surface area contributed by atoms with Crippen molar-refractivity contribution in [2.75, 3.05) is 0 Å². The SMILES string of the molecule is CC(=O)C(C)C.CC(C)=O. The second-order valence-corrected chi connectivity index (χ2v) is 2.67. The molecule has 0 unspecified atom stereocenters. The van der Waals surface area contributed by atoms with E-state index < -0.39 is 0 Å². The minimum absolute atomic E-state index is 0.167. The molecule has 0 saturated carbocycles. The molecule has 0 spiro atoms. The van der Waals surface area contributed by atoms with Crippen LogP contribution in [-0.2, 0) is 9.59 Å². The largest absolute Gasteiger partial charge is 0.300 e. The molecule has 0 amide bonds. The summed E-state index contributed by atoms with van der Waals surface area (Å²) in [5.41, 5.74) is 0. The second-order valence-electron chi connectivity index (χ2n) is 2.67. The van der Waals surface area contributed by atoms with Gasteiger partial charge in [0, 0.05) is 5.92 Å². The fourth-order valence-corrected chi connectivity index (χ4v) is 0. The van der Waals surface area contributed by atoms with Gasteiger partial charge in [-0.2, -0.15) is 0 Å². The Kier molecular flexibility index (Phi) is 7.79. The van der Waals surface area contributed by atoms with Gasteiger partial charge in [-0.05, 0) is 20.8 Å². The molecule has 0 N–H and O–H groups in total. The first-order valence-electron chi connectivity index (χ1n) is 3.35. The summed E-state index contributed by atoms with van der Waals surface area (Å²) in [5, 5.41) is 0. The number of Topliss-reactive ketones (excluding diaryl/α,β-unsaturated/α-hetero) is 2. The second kappa shape index (κ2) is 6.46. The highest BCUT2D eigenvalue weighted by atomic mass is 16.1. The first-order valence-corrected chi connectivity index (χ1v) is 3.35. The molecule has 0 heterocycles. The van der Waals surface area contributed by atoms with Crippen LogP contribution in [0.15, 0.2) is 0 Å². The molecule has 0 aliphatic heterocycles. The number of hydrogen-bond donors (Lipinski definition) is 0. The quantitative estimate of drug-likeness (QED) is 0.562. The number of carbonyl (C=O) groups is 2. The zero-order valence-electron chi connectivity index (χ0n) is 7.39. The topological polar surface area (TPSA) is 34.1 Å². The van der Waals surface area contributed by atoms with Crippen LogP contribution in [0.2, 0.25) is 0 Å². The first kappa shape index (κ1) is 12.1. The molecule has 0 fully saturated rings. The maximum absolute atomic E-state index is 10.1. The zero-order chi connectivity index (χ0) is 8.73. The Bertz CT molecular complexity index is 110. The van der Waals surface area contributed by atoms with Crippen molar-refractivity contribution in [3.8, 4) is 0 Å². The van der Waals surface area contributed by atoms with Crippen LogP contribution in [0, 0.1) is 5.92 Å². The van der Waals surface area contributed by atoms with E-state index >= 15 is 0 Å². The van der Waals surface area contributed by atoms with E-state index in [1.807, 2.05) is 13.8 Å². The van der Waals surface area contributed by atoms with Crippen LogP contribution in [0.5, 0.6) is 0 Å². The molecule has 2 heteroatoms. The molecule has 0 atom stereocenters. The summed E-state index contributed by atoms with van der Waals surface area (Å²) in [6.07, 6.45) is 0. The molecule has 2 nitrogen and oxygen atoms in total. The first-order chi connectivity index (χ1) is 4.37. The standard InChI is InChI=1S/C5H10O.C3H6O/c1-4(2)5(3)6;1-3(2)4/h4H,1-3H3;1-2H3. The molecule has 0 bridgehead atoms. The summed E-state index contributed by atoms with van der Waals surface area (Å²) in [6.45, 7) is 8.44. The Hall–Kier alpha value is -0.660. The van der Waals surface area contributed by atoms with Gasteiger partial charge in [0.15, 0.2) is 0 Å². The van der Waals surface area contributed by atoms with Gasteiger partial charge in [0.1, 0.15) is 11.6 Å². The predicted molar refractivity (Wildman–Crippen MR) is 41.9 cm³/mol. The normalized spacial score (nSPS) is 8.20. The Morgan fingerprint density at radius 3 is 1.10 bits per heavy atom. The van der Waals surface area contributed by atoms with Crippen LogP contribution >= 0.6 is 0 Å². The minimum Gasteiger partial charge on any atom is -0.300 e. The molecule has 0 rings (SSSR count). The van der Waals surface area contributed by atoms with Crippen molar-refractivity contribution in [1.29, 1.82) is 0 Å². The van der Waals surface area contributed by atoms with Gasteiger partial charge in [-0.25, -0.2) is 0 Å². The molecule has 0 saturated heterocycles. The van der Waals surface area contributed by atoms with Gasteiger partial charge < -0.3 is 4.79 Å². The van der Waals surface area contributed by atoms with E-state index in [4.69, 9.17) is 0 Å². The minimum atomic E-state index is 0.167. The molecule has 0 aromatic heterocycles. The van der Waals surface area contributed by atoms with Crippen molar-refractivity contribution in [2.45, 2.75) is 34.6 Å². The monoisotopic (exact) mass is 144 g/mol. The van der Waals surface area contributed by atoms with Gasteiger partial charge in [-0.3, -0.25) is 4.79 Å². The van der Waals surface area contributed by atoms with Crippen LogP contribution in [-0.4, -0.2) is 11.6 Å². The van der Waals surface area contributed by atoms with E-state index in [1.165, 1.54) is 13.8 Å². The van der Waals surface area contributed by atoms with Crippen LogP contribution in [0.3, 0.4) is 0 Å². The van der Waals surface area contributed by atoms with E-state index in [0.29, 0.717) is 0 Å². The van der Waals surface area contributed by atoms with Gasteiger partial charge in [-0.1, -0.05) is 13.8 Å². The highest BCUT2D eigenvalue weighted by molar-refractivity contribution is 5.77. The van der Waals surface area contributed by atoms with Crippen molar-refractivity contribution in [3.05, 3.63) is 0 Å². The highest BCUT2D eigenvalue weighted by Gasteiger charge is 1.95. The zero-order valence-corrected chi connectivity index (χ0v) is 7.39. The van der Waals surface area contributed by atoms with Crippen molar-refractivity contribution < 1.29 is 9.59 Å². The lowest BCUT2D eigenvalue weighted by Crippen LogP contribution is -1.98. The van der Waals surface area contributed by atoms with Crippen LogP contribution in [0.25, 0.3) is 0 Å².